The number of hydrogen-bond acceptors (Lipinski definition) is 2. The number of nitrogens with zero attached hydrogens (tertiary/aromatic N) is 2. The van der Waals surface area contributed by atoms with Crippen LogP contribution in [-0.4, -0.2) is 9.35 Å². The minimum atomic E-state index is -0.0395. The molecule has 0 aromatic carbocycles. The second-order valence-corrected chi connectivity index (χ2v) is 2.83. The van der Waals surface area contributed by atoms with Gasteiger partial charge in [0, 0.05) is 49.1 Å². The highest BCUT2D eigenvalue weighted by molar-refractivity contribution is 4.98. The molecule has 4 heteroatoms. The molecule has 0 fully saturated rings. The first-order chi connectivity index (χ1) is 6.75. The maximum Gasteiger partial charge on any atom is 0.181 e. The molecule has 70 valence electrons. The lowest BCUT2D eigenvalue weighted by Crippen LogP contribution is -2.13. The van der Waals surface area contributed by atoms with Crippen molar-refractivity contribution in [2.75, 3.05) is 0 Å². The Bertz CT molecular complexity index is 462. The average Bonchev–Trinajstić information content (AvgIpc) is 2.21. The van der Waals surface area contributed by atoms with Crippen LogP contribution in [0.3, 0.4) is 0 Å². The summed E-state index contributed by atoms with van der Waals surface area (Å²) in [6.45, 7) is 0. The molecular formula is C10H8N2O2. The van der Waals surface area contributed by atoms with Gasteiger partial charge in [-0.05, 0) is 0 Å². The van der Waals surface area contributed by atoms with Crippen LogP contribution in [0.5, 0.6) is 0 Å². The van der Waals surface area contributed by atoms with E-state index in [0.29, 0.717) is 0 Å². The van der Waals surface area contributed by atoms with Crippen molar-refractivity contribution in [3.05, 3.63) is 69.5 Å². The van der Waals surface area contributed by atoms with Crippen LogP contribution in [0.2, 0.25) is 0 Å². The standard InChI is InChI=1S/C10H8N2O2/c13-9-1-5-11(6-2-9)12-7-3-10(14)4-8-12/h1-8H. The van der Waals surface area contributed by atoms with E-state index < -0.39 is 0 Å². The fourth-order valence-corrected chi connectivity index (χ4v) is 1.12. The molecule has 0 aliphatic rings. The van der Waals surface area contributed by atoms with E-state index in [-0.39, 0.29) is 10.9 Å². The fourth-order valence-electron chi connectivity index (χ4n) is 1.12. The van der Waals surface area contributed by atoms with Gasteiger partial charge in [0.05, 0.1) is 0 Å². The number of rotatable bonds is 1. The molecule has 14 heavy (non-hydrogen) atoms. The quantitative estimate of drug-likeness (QED) is 0.647. The van der Waals surface area contributed by atoms with Gasteiger partial charge in [0.15, 0.2) is 10.9 Å². The Kier molecular flexibility index (Phi) is 2.02. The van der Waals surface area contributed by atoms with E-state index in [1.807, 2.05) is 0 Å². The van der Waals surface area contributed by atoms with Crippen LogP contribution in [0, 0.1) is 0 Å². The summed E-state index contributed by atoms with van der Waals surface area (Å²) >= 11 is 0. The van der Waals surface area contributed by atoms with Crippen molar-refractivity contribution in [2.45, 2.75) is 0 Å². The molecule has 0 saturated heterocycles. The predicted molar refractivity (Wildman–Crippen MR) is 52.2 cm³/mol. The van der Waals surface area contributed by atoms with Crippen molar-refractivity contribution in [3.63, 3.8) is 0 Å². The number of pyridine rings is 2. The maximum atomic E-state index is 10.8. The van der Waals surface area contributed by atoms with Crippen LogP contribution in [0.1, 0.15) is 0 Å². The van der Waals surface area contributed by atoms with Gasteiger partial charge in [-0.2, -0.15) is 0 Å². The first kappa shape index (κ1) is 8.50. The Balaban J connectivity index is 2.49. The molecule has 4 nitrogen and oxygen atoms in total. The first-order valence-electron chi connectivity index (χ1n) is 4.13. The SMILES string of the molecule is O=c1ccn(-n2ccc(=O)cc2)cc1. The van der Waals surface area contributed by atoms with Crippen molar-refractivity contribution >= 4 is 0 Å². The highest BCUT2D eigenvalue weighted by atomic mass is 16.1. The molecular weight excluding hydrogens is 180 g/mol. The van der Waals surface area contributed by atoms with Crippen molar-refractivity contribution in [1.29, 1.82) is 0 Å². The minimum Gasteiger partial charge on any atom is -0.290 e. The molecule has 2 aromatic heterocycles. The Morgan fingerprint density at radius 3 is 1.21 bits per heavy atom. The van der Waals surface area contributed by atoms with Crippen LogP contribution < -0.4 is 10.9 Å². The van der Waals surface area contributed by atoms with E-state index in [1.54, 1.807) is 34.1 Å². The fraction of sp³-hybridized carbons (Fsp3) is 0. The third-order valence-electron chi connectivity index (χ3n) is 1.83. The highest BCUT2D eigenvalue weighted by Crippen LogP contribution is 1.87. The zero-order valence-corrected chi connectivity index (χ0v) is 7.33. The molecule has 2 aromatic rings. The second kappa shape index (κ2) is 3.33. The molecule has 0 spiro atoms. The molecule has 0 atom stereocenters. The second-order valence-electron chi connectivity index (χ2n) is 2.83. The molecule has 2 heterocycles. The lowest BCUT2D eigenvalue weighted by molar-refractivity contribution is 0.646. The van der Waals surface area contributed by atoms with Gasteiger partial charge in [0.25, 0.3) is 0 Å². The van der Waals surface area contributed by atoms with Crippen LogP contribution in [0.4, 0.5) is 0 Å². The lowest BCUT2D eigenvalue weighted by Gasteiger charge is -2.08. The predicted octanol–water partition coefficient (Wildman–Crippen LogP) is 0.321. The Labute approximate surface area is 79.6 Å². The van der Waals surface area contributed by atoms with Gasteiger partial charge in [-0.1, -0.05) is 0 Å². The summed E-state index contributed by atoms with van der Waals surface area (Å²) in [5, 5.41) is 0. The Morgan fingerprint density at radius 1 is 0.643 bits per heavy atom. The molecule has 0 aliphatic heterocycles. The van der Waals surface area contributed by atoms with E-state index in [9.17, 15) is 9.59 Å². The van der Waals surface area contributed by atoms with Crippen molar-refractivity contribution < 1.29 is 0 Å². The summed E-state index contributed by atoms with van der Waals surface area (Å²) in [6, 6.07) is 5.83. The van der Waals surface area contributed by atoms with Crippen molar-refractivity contribution in [3.8, 4) is 0 Å². The van der Waals surface area contributed by atoms with E-state index >= 15 is 0 Å². The van der Waals surface area contributed by atoms with Crippen molar-refractivity contribution in [1.82, 2.24) is 9.35 Å². The van der Waals surface area contributed by atoms with Gasteiger partial charge in [-0.15, -0.1) is 0 Å². The molecule has 0 aliphatic carbocycles. The molecule has 0 N–H and O–H groups in total. The Morgan fingerprint density at radius 2 is 0.929 bits per heavy atom. The van der Waals surface area contributed by atoms with Gasteiger partial charge in [-0.25, -0.2) is 0 Å². The Hall–Kier alpha value is -2.10. The summed E-state index contributed by atoms with van der Waals surface area (Å²) < 4.78 is 3.39. The minimum absolute atomic E-state index is 0.0395. The van der Waals surface area contributed by atoms with Crippen LogP contribution in [-0.2, 0) is 0 Å². The monoisotopic (exact) mass is 188 g/mol. The molecule has 0 bridgehead atoms. The summed E-state index contributed by atoms with van der Waals surface area (Å²) in [4.78, 5) is 21.7. The summed E-state index contributed by atoms with van der Waals surface area (Å²) in [6.07, 6.45) is 6.53. The van der Waals surface area contributed by atoms with Crippen LogP contribution in [0.25, 0.3) is 0 Å². The molecule has 0 amide bonds. The van der Waals surface area contributed by atoms with Gasteiger partial charge >= 0.3 is 0 Å². The summed E-state index contributed by atoms with van der Waals surface area (Å²) in [5.74, 6) is 0. The van der Waals surface area contributed by atoms with E-state index in [0.717, 1.165) is 0 Å². The third-order valence-corrected chi connectivity index (χ3v) is 1.83. The van der Waals surface area contributed by atoms with Crippen LogP contribution >= 0.6 is 0 Å². The molecule has 0 unspecified atom stereocenters. The number of aromatic nitrogens is 2. The van der Waals surface area contributed by atoms with E-state index in [4.69, 9.17) is 0 Å². The zero-order valence-electron chi connectivity index (χ0n) is 7.33. The highest BCUT2D eigenvalue weighted by Gasteiger charge is 1.89. The van der Waals surface area contributed by atoms with Gasteiger partial charge < -0.3 is 0 Å². The molecule has 0 radical (unpaired) electrons. The van der Waals surface area contributed by atoms with Gasteiger partial charge in [-0.3, -0.25) is 18.9 Å². The molecule has 0 saturated carbocycles. The largest absolute Gasteiger partial charge is 0.290 e. The summed E-state index contributed by atoms with van der Waals surface area (Å²) in [5.41, 5.74) is -0.0791. The van der Waals surface area contributed by atoms with Gasteiger partial charge in [0.1, 0.15) is 0 Å². The van der Waals surface area contributed by atoms with Crippen molar-refractivity contribution in [2.24, 2.45) is 0 Å². The van der Waals surface area contributed by atoms with E-state index in [1.165, 1.54) is 24.3 Å². The maximum absolute atomic E-state index is 10.8. The van der Waals surface area contributed by atoms with Crippen LogP contribution in [0.15, 0.2) is 58.6 Å². The first-order valence-corrected chi connectivity index (χ1v) is 4.13. The third kappa shape index (κ3) is 1.64. The zero-order chi connectivity index (χ0) is 9.97. The normalized spacial score (nSPS) is 10.0. The molecule has 2 rings (SSSR count). The average molecular weight is 188 g/mol. The summed E-state index contributed by atoms with van der Waals surface area (Å²) in [7, 11) is 0. The van der Waals surface area contributed by atoms with Gasteiger partial charge in [0.2, 0.25) is 0 Å². The topological polar surface area (TPSA) is 44.0 Å². The van der Waals surface area contributed by atoms with E-state index in [2.05, 4.69) is 0 Å². The lowest BCUT2D eigenvalue weighted by atomic mass is 10.5. The smallest absolute Gasteiger partial charge is 0.181 e. The number of hydrogen-bond donors (Lipinski definition) is 0.